The van der Waals surface area contributed by atoms with Gasteiger partial charge in [-0.1, -0.05) is 219 Å². The van der Waals surface area contributed by atoms with Crippen LogP contribution in [-0.2, 0) is 5.41 Å². The lowest BCUT2D eigenvalue weighted by Gasteiger charge is -2.31. The molecule has 0 N–H and O–H groups in total. The average molecular weight is 745 g/mol. The topological polar surface area (TPSA) is 25.8 Å². The minimum absolute atomic E-state index is 0.556. The minimum Gasteiger partial charge on any atom is -0.228 e. The monoisotopic (exact) mass is 744 g/mol. The Morgan fingerprint density at radius 1 is 0.333 bits per heavy atom. The van der Waals surface area contributed by atoms with Crippen LogP contribution < -0.4 is 15.9 Å². The van der Waals surface area contributed by atoms with E-state index in [0.717, 1.165) is 45.0 Å². The Kier molecular flexibility index (Phi) is 7.71. The summed E-state index contributed by atoms with van der Waals surface area (Å²) in [4.78, 5) is 11.0. The second kappa shape index (κ2) is 13.1. The summed E-state index contributed by atoms with van der Waals surface area (Å²) in [6, 6.07) is 76.6. The first-order valence-corrected chi connectivity index (χ1v) is 21.5. The first-order chi connectivity index (χ1) is 28.2. The molecular formula is C54H37N2P. The Morgan fingerprint density at radius 2 is 0.719 bits per heavy atom. The zero-order chi connectivity index (χ0) is 38.0. The quantitative estimate of drug-likeness (QED) is 0.158. The van der Waals surface area contributed by atoms with Crippen molar-refractivity contribution in [3.8, 4) is 56.2 Å². The number of fused-ring (bicyclic) bond motifs is 10. The maximum atomic E-state index is 5.52. The van der Waals surface area contributed by atoms with Gasteiger partial charge in [-0.05, 0) is 61.7 Å². The first-order valence-electron chi connectivity index (χ1n) is 19.5. The molecule has 0 amide bonds. The summed E-state index contributed by atoms with van der Waals surface area (Å²) in [5.41, 5.74) is 14.4. The third-order valence-electron chi connectivity index (χ3n) is 12.0. The molecule has 2 aliphatic rings. The fraction of sp³-hybridized carbons (Fsp3) is 0.0185. The molecule has 0 saturated heterocycles. The molecule has 1 spiro atoms. The second-order valence-electron chi connectivity index (χ2n) is 15.0. The van der Waals surface area contributed by atoms with Crippen LogP contribution in [-0.4, -0.2) is 16.3 Å². The van der Waals surface area contributed by atoms with E-state index in [2.05, 4.69) is 206 Å². The smallest absolute Gasteiger partial charge is 0.160 e. The van der Waals surface area contributed by atoms with Gasteiger partial charge in [0.2, 0.25) is 0 Å². The van der Waals surface area contributed by atoms with Gasteiger partial charge in [0.05, 0.1) is 16.8 Å². The maximum Gasteiger partial charge on any atom is 0.160 e. The molecule has 1 heterocycles. The van der Waals surface area contributed by atoms with E-state index in [1.165, 1.54) is 49.3 Å². The van der Waals surface area contributed by atoms with E-state index in [9.17, 15) is 0 Å². The highest BCUT2D eigenvalue weighted by molar-refractivity contribution is 7.93. The maximum absolute atomic E-state index is 5.52. The molecular weight excluding hydrogens is 708 g/mol. The molecule has 11 rings (SSSR count). The van der Waals surface area contributed by atoms with Gasteiger partial charge in [0.1, 0.15) is 0 Å². The van der Waals surface area contributed by atoms with Gasteiger partial charge in [-0.2, -0.15) is 0 Å². The van der Waals surface area contributed by atoms with Crippen LogP contribution in [0.25, 0.3) is 56.2 Å². The molecule has 0 radical (unpaired) electrons. The van der Waals surface area contributed by atoms with Crippen LogP contribution in [0, 0.1) is 0 Å². The largest absolute Gasteiger partial charge is 0.228 e. The normalized spacial score (nSPS) is 13.1. The zero-order valence-electron chi connectivity index (χ0n) is 31.3. The van der Waals surface area contributed by atoms with Gasteiger partial charge in [-0.3, -0.25) is 0 Å². The third kappa shape index (κ3) is 4.98. The van der Waals surface area contributed by atoms with Gasteiger partial charge in [0.25, 0.3) is 0 Å². The second-order valence-corrected chi connectivity index (χ2v) is 18.1. The number of hydrogen-bond acceptors (Lipinski definition) is 2. The Morgan fingerprint density at radius 3 is 1.26 bits per heavy atom. The predicted molar refractivity (Wildman–Crippen MR) is 240 cm³/mol. The number of nitrogens with zero attached hydrogens (tertiary/aromatic N) is 2. The van der Waals surface area contributed by atoms with Gasteiger partial charge in [0, 0.05) is 22.3 Å². The van der Waals surface area contributed by atoms with Gasteiger partial charge in [0.15, 0.2) is 5.82 Å². The molecule has 0 aliphatic heterocycles. The molecule has 0 bridgehead atoms. The van der Waals surface area contributed by atoms with Crippen molar-refractivity contribution in [1.29, 1.82) is 0 Å². The van der Waals surface area contributed by atoms with E-state index in [-0.39, 0.29) is 0 Å². The Hall–Kier alpha value is -6.86. The van der Waals surface area contributed by atoms with Crippen LogP contribution in [0.3, 0.4) is 0 Å². The molecule has 57 heavy (non-hydrogen) atoms. The molecule has 9 aromatic rings. The summed E-state index contributed by atoms with van der Waals surface area (Å²) >= 11 is 0. The third-order valence-corrected chi connectivity index (χ3v) is 15.6. The van der Waals surface area contributed by atoms with E-state index in [1.807, 2.05) is 6.07 Å². The summed E-state index contributed by atoms with van der Waals surface area (Å²) in [7, 11) is 0. The van der Waals surface area contributed by atoms with Crippen molar-refractivity contribution in [3.63, 3.8) is 0 Å². The van der Waals surface area contributed by atoms with Crippen molar-refractivity contribution in [2.75, 3.05) is 0 Å². The lowest BCUT2D eigenvalue weighted by atomic mass is 9.69. The van der Waals surface area contributed by atoms with Crippen molar-refractivity contribution in [1.82, 2.24) is 9.97 Å². The molecule has 0 atom stereocenters. The Balaban J connectivity index is 1.08. The predicted octanol–water partition coefficient (Wildman–Crippen LogP) is 11.5. The Labute approximate surface area is 333 Å². The molecule has 0 fully saturated rings. The van der Waals surface area contributed by atoms with Crippen molar-refractivity contribution < 1.29 is 0 Å². The highest BCUT2D eigenvalue weighted by atomic mass is 31.2. The standard InChI is InChI=1S/C54H37N2P/c1-57(41-19-7-3-8-20-41,42-21-9-4-10-22-42)43-35-33-38(34-36-43)37-29-31-39(32-30-37)51-50-52(56-53(55-51)40-17-5-2-6-18-40)46-25-13-16-28-49(46)54(50)47-26-14-11-23-44(47)45-24-12-15-27-48(45)54/h2-36H,1H2. The first kappa shape index (κ1) is 33.5. The lowest BCUT2D eigenvalue weighted by molar-refractivity contribution is 0.788. The number of rotatable bonds is 6. The molecule has 268 valence electrons. The van der Waals surface area contributed by atoms with Crippen molar-refractivity contribution in [2.24, 2.45) is 0 Å². The van der Waals surface area contributed by atoms with Gasteiger partial charge in [-0.15, -0.1) is 0 Å². The molecule has 2 nitrogen and oxygen atoms in total. The van der Waals surface area contributed by atoms with Gasteiger partial charge >= 0.3 is 0 Å². The van der Waals surface area contributed by atoms with Crippen LogP contribution in [0.4, 0.5) is 0 Å². The van der Waals surface area contributed by atoms with Crippen molar-refractivity contribution in [3.05, 3.63) is 235 Å². The lowest BCUT2D eigenvalue weighted by Crippen LogP contribution is -2.27. The van der Waals surface area contributed by atoms with Crippen LogP contribution >= 0.6 is 6.89 Å². The summed E-state index contributed by atoms with van der Waals surface area (Å²) in [6.45, 7) is -2.07. The Bertz CT molecular complexity index is 2920. The molecule has 2 aliphatic carbocycles. The fourth-order valence-electron chi connectivity index (χ4n) is 9.42. The van der Waals surface area contributed by atoms with E-state index >= 15 is 0 Å². The van der Waals surface area contributed by atoms with Crippen LogP contribution in [0.5, 0.6) is 0 Å². The summed E-state index contributed by atoms with van der Waals surface area (Å²) in [6.07, 6.45) is 4.96. The highest BCUT2D eigenvalue weighted by Gasteiger charge is 2.54. The SMILES string of the molecule is C=P(c1ccccc1)(c1ccccc1)c1ccc(-c2ccc(-c3nc(-c4ccccc4)nc4c3C3(c5ccccc5-c5ccccc53)c3ccccc3-4)cc2)cc1. The van der Waals surface area contributed by atoms with Crippen molar-refractivity contribution in [2.45, 2.75) is 5.41 Å². The van der Waals surface area contributed by atoms with Crippen LogP contribution in [0.2, 0.25) is 0 Å². The number of hydrogen-bond donors (Lipinski definition) is 0. The fourth-order valence-corrected chi connectivity index (χ4v) is 12.3. The summed E-state index contributed by atoms with van der Waals surface area (Å²) in [5, 5.41) is 3.80. The van der Waals surface area contributed by atoms with E-state index in [4.69, 9.17) is 16.3 Å². The summed E-state index contributed by atoms with van der Waals surface area (Å²) in [5.74, 6) is 0.729. The van der Waals surface area contributed by atoms with E-state index in [1.54, 1.807) is 0 Å². The van der Waals surface area contributed by atoms with Gasteiger partial charge in [-0.25, -0.2) is 9.97 Å². The number of aromatic nitrogens is 2. The molecule has 0 unspecified atom stereocenters. The van der Waals surface area contributed by atoms with Crippen molar-refractivity contribution >= 4 is 29.1 Å². The minimum atomic E-state index is -2.07. The molecule has 3 heteroatoms. The zero-order valence-corrected chi connectivity index (χ0v) is 32.2. The average Bonchev–Trinajstić information content (AvgIpc) is 3.77. The molecule has 1 aromatic heterocycles. The van der Waals surface area contributed by atoms with Crippen LogP contribution in [0.15, 0.2) is 212 Å². The summed E-state index contributed by atoms with van der Waals surface area (Å²) < 4.78 is 0. The number of benzene rings is 8. The molecule has 0 saturated carbocycles. The van der Waals surface area contributed by atoms with E-state index < -0.39 is 12.3 Å². The highest BCUT2D eigenvalue weighted by Crippen LogP contribution is 2.64. The van der Waals surface area contributed by atoms with Gasteiger partial charge < -0.3 is 0 Å². The van der Waals surface area contributed by atoms with Crippen LogP contribution in [0.1, 0.15) is 22.3 Å². The van der Waals surface area contributed by atoms with E-state index in [0.29, 0.717) is 0 Å². The molecule has 8 aromatic carbocycles.